The lowest BCUT2D eigenvalue weighted by molar-refractivity contribution is 0.139. The van der Waals surface area contributed by atoms with Crippen LogP contribution in [0.2, 0.25) is 0 Å². The molecule has 1 aromatic carbocycles. The molecule has 1 saturated heterocycles. The number of hydrogen-bond donors (Lipinski definition) is 1. The summed E-state index contributed by atoms with van der Waals surface area (Å²) in [6, 6.07) is 5.31. The number of nitrogens with two attached hydrogens (primary N) is 1. The lowest BCUT2D eigenvalue weighted by atomic mass is 9.96. The van der Waals surface area contributed by atoms with Crippen LogP contribution in [0.15, 0.2) is 18.2 Å². The number of methoxy groups -OCH3 is 1. The largest absolute Gasteiger partial charge is 0.384 e. The Morgan fingerprint density at radius 2 is 2.11 bits per heavy atom. The fourth-order valence-corrected chi connectivity index (χ4v) is 2.81. The summed E-state index contributed by atoms with van der Waals surface area (Å²) in [5.74, 6) is 0.495. The van der Waals surface area contributed by atoms with Crippen LogP contribution in [0, 0.1) is 11.7 Å². The molecular weight excluding hydrogens is 243 g/mol. The van der Waals surface area contributed by atoms with E-state index in [0.29, 0.717) is 18.9 Å². The monoisotopic (exact) mass is 266 g/mol. The first-order valence-corrected chi connectivity index (χ1v) is 6.97. The lowest BCUT2D eigenvalue weighted by Crippen LogP contribution is -2.35. The number of nitrogens with zero attached hydrogens (tertiary/aromatic N) is 1. The van der Waals surface area contributed by atoms with Gasteiger partial charge in [-0.2, -0.15) is 0 Å². The molecule has 0 aliphatic carbocycles. The minimum absolute atomic E-state index is 0.137. The Labute approximate surface area is 114 Å². The molecule has 2 N–H and O–H groups in total. The molecule has 1 heterocycles. The van der Waals surface area contributed by atoms with Crippen LogP contribution in [0.5, 0.6) is 0 Å². The molecule has 1 aliphatic rings. The molecule has 106 valence electrons. The van der Waals surface area contributed by atoms with Crippen molar-refractivity contribution in [2.75, 3.05) is 38.3 Å². The van der Waals surface area contributed by atoms with Crippen LogP contribution in [0.4, 0.5) is 10.1 Å². The molecule has 0 radical (unpaired) electrons. The third-order valence-corrected chi connectivity index (χ3v) is 3.85. The van der Waals surface area contributed by atoms with Crippen LogP contribution >= 0.6 is 0 Å². The summed E-state index contributed by atoms with van der Waals surface area (Å²) in [4.78, 5) is 2.28. The van der Waals surface area contributed by atoms with Gasteiger partial charge in [0.25, 0.3) is 0 Å². The Morgan fingerprint density at radius 3 is 2.74 bits per heavy atom. The van der Waals surface area contributed by atoms with Crippen LogP contribution in [0.3, 0.4) is 0 Å². The van der Waals surface area contributed by atoms with Gasteiger partial charge in [-0.3, -0.25) is 0 Å². The van der Waals surface area contributed by atoms with Crippen LogP contribution in [0.25, 0.3) is 0 Å². The first-order chi connectivity index (χ1) is 9.26. The van der Waals surface area contributed by atoms with Crippen molar-refractivity contribution in [1.82, 2.24) is 0 Å². The van der Waals surface area contributed by atoms with Crippen molar-refractivity contribution in [3.8, 4) is 0 Å². The molecule has 0 saturated carbocycles. The van der Waals surface area contributed by atoms with Crippen LogP contribution in [-0.4, -0.2) is 33.4 Å². The van der Waals surface area contributed by atoms with Gasteiger partial charge in [-0.25, -0.2) is 4.39 Å². The third-order valence-electron chi connectivity index (χ3n) is 3.85. The minimum atomic E-state index is -0.137. The Kier molecular flexibility index (Phi) is 5.16. The highest BCUT2D eigenvalue weighted by atomic mass is 19.1. The SMILES string of the molecule is COCC1CCN(c2cccc(F)c2CCN)CC1. The average Bonchev–Trinajstić information content (AvgIpc) is 2.43. The first kappa shape index (κ1) is 14.3. The maximum atomic E-state index is 13.9. The fourth-order valence-electron chi connectivity index (χ4n) is 2.81. The van der Waals surface area contributed by atoms with Crippen molar-refractivity contribution in [1.29, 1.82) is 0 Å². The molecule has 19 heavy (non-hydrogen) atoms. The van der Waals surface area contributed by atoms with Crippen molar-refractivity contribution in [3.63, 3.8) is 0 Å². The molecule has 1 fully saturated rings. The number of benzene rings is 1. The molecule has 0 atom stereocenters. The zero-order chi connectivity index (χ0) is 13.7. The molecule has 1 aromatic rings. The number of rotatable bonds is 5. The summed E-state index contributed by atoms with van der Waals surface area (Å²) >= 11 is 0. The second kappa shape index (κ2) is 6.87. The number of ether oxygens (including phenoxy) is 1. The third kappa shape index (κ3) is 3.45. The van der Waals surface area contributed by atoms with E-state index in [1.54, 1.807) is 13.2 Å². The summed E-state index contributed by atoms with van der Waals surface area (Å²) in [6.07, 6.45) is 2.80. The fraction of sp³-hybridized carbons (Fsp3) is 0.600. The van der Waals surface area contributed by atoms with E-state index in [9.17, 15) is 4.39 Å². The number of anilines is 1. The molecule has 0 unspecified atom stereocenters. The summed E-state index contributed by atoms with van der Waals surface area (Å²) in [6.45, 7) is 3.24. The minimum Gasteiger partial charge on any atom is -0.384 e. The highest BCUT2D eigenvalue weighted by Crippen LogP contribution is 2.28. The van der Waals surface area contributed by atoms with E-state index in [4.69, 9.17) is 10.5 Å². The average molecular weight is 266 g/mol. The molecule has 3 nitrogen and oxygen atoms in total. The van der Waals surface area contributed by atoms with Gasteiger partial charge >= 0.3 is 0 Å². The predicted molar refractivity (Wildman–Crippen MR) is 76.0 cm³/mol. The van der Waals surface area contributed by atoms with Gasteiger partial charge in [0, 0.05) is 38.1 Å². The summed E-state index contributed by atoms with van der Waals surface area (Å²) in [7, 11) is 1.75. The standard InChI is InChI=1S/C15H23FN2O/c1-19-11-12-6-9-18(10-7-12)15-4-2-3-14(16)13(15)5-8-17/h2-4,12H,5-11,17H2,1H3. The maximum absolute atomic E-state index is 13.9. The predicted octanol–water partition coefficient (Wildman–Crippen LogP) is 2.19. The molecule has 0 bridgehead atoms. The van der Waals surface area contributed by atoms with E-state index >= 15 is 0 Å². The van der Waals surface area contributed by atoms with Crippen LogP contribution in [-0.2, 0) is 11.2 Å². The Balaban J connectivity index is 2.08. The van der Waals surface area contributed by atoms with Gasteiger partial charge in [0.15, 0.2) is 0 Å². The van der Waals surface area contributed by atoms with Gasteiger partial charge in [-0.1, -0.05) is 6.07 Å². The molecule has 0 amide bonds. The number of hydrogen-bond acceptors (Lipinski definition) is 3. The number of piperidine rings is 1. The molecule has 0 aromatic heterocycles. The topological polar surface area (TPSA) is 38.5 Å². The second-order valence-electron chi connectivity index (χ2n) is 5.16. The molecule has 0 spiro atoms. The van der Waals surface area contributed by atoms with Gasteiger partial charge in [0.1, 0.15) is 5.82 Å². The highest BCUT2D eigenvalue weighted by molar-refractivity contribution is 5.54. The van der Waals surface area contributed by atoms with E-state index in [1.807, 2.05) is 6.07 Å². The lowest BCUT2D eigenvalue weighted by Gasteiger charge is -2.34. The molecule has 4 heteroatoms. The summed E-state index contributed by atoms with van der Waals surface area (Å²) in [5, 5.41) is 0. The quantitative estimate of drug-likeness (QED) is 0.888. The van der Waals surface area contributed by atoms with E-state index in [0.717, 1.165) is 43.8 Å². The van der Waals surface area contributed by atoms with Gasteiger partial charge in [-0.15, -0.1) is 0 Å². The van der Waals surface area contributed by atoms with Crippen LogP contribution in [0.1, 0.15) is 18.4 Å². The van der Waals surface area contributed by atoms with Crippen molar-refractivity contribution in [2.45, 2.75) is 19.3 Å². The molecule has 2 rings (SSSR count). The van der Waals surface area contributed by atoms with Crippen molar-refractivity contribution in [3.05, 3.63) is 29.6 Å². The highest BCUT2D eigenvalue weighted by Gasteiger charge is 2.21. The van der Waals surface area contributed by atoms with Gasteiger partial charge < -0.3 is 15.4 Å². The van der Waals surface area contributed by atoms with Gasteiger partial charge in [0.2, 0.25) is 0 Å². The van der Waals surface area contributed by atoms with E-state index in [1.165, 1.54) is 6.07 Å². The summed E-state index contributed by atoms with van der Waals surface area (Å²) < 4.78 is 19.1. The first-order valence-electron chi connectivity index (χ1n) is 6.97. The Morgan fingerprint density at radius 1 is 1.37 bits per heavy atom. The van der Waals surface area contributed by atoms with Crippen molar-refractivity contribution >= 4 is 5.69 Å². The van der Waals surface area contributed by atoms with Gasteiger partial charge in [0.05, 0.1) is 0 Å². The van der Waals surface area contributed by atoms with Gasteiger partial charge in [-0.05, 0) is 43.9 Å². The Bertz CT molecular complexity index is 403. The summed E-state index contributed by atoms with van der Waals surface area (Å²) in [5.41, 5.74) is 7.36. The molecular formula is C15H23FN2O. The van der Waals surface area contributed by atoms with E-state index in [2.05, 4.69) is 4.90 Å². The zero-order valence-electron chi connectivity index (χ0n) is 11.6. The smallest absolute Gasteiger partial charge is 0.128 e. The van der Waals surface area contributed by atoms with E-state index in [-0.39, 0.29) is 5.82 Å². The number of halogens is 1. The van der Waals surface area contributed by atoms with Crippen molar-refractivity contribution in [2.24, 2.45) is 11.7 Å². The second-order valence-corrected chi connectivity index (χ2v) is 5.16. The van der Waals surface area contributed by atoms with E-state index < -0.39 is 0 Å². The van der Waals surface area contributed by atoms with Crippen molar-refractivity contribution < 1.29 is 9.13 Å². The maximum Gasteiger partial charge on any atom is 0.128 e. The zero-order valence-corrected chi connectivity index (χ0v) is 11.6. The Hall–Kier alpha value is -1.13. The van der Waals surface area contributed by atoms with Crippen LogP contribution < -0.4 is 10.6 Å². The normalized spacial score (nSPS) is 16.9. The molecule has 1 aliphatic heterocycles.